The van der Waals surface area contributed by atoms with Crippen LogP contribution in [0.1, 0.15) is 44.2 Å². The molecule has 6 heteroatoms. The molecular formula is C21H27N3O3. The number of esters is 1. The highest BCUT2D eigenvalue weighted by molar-refractivity contribution is 6.03. The number of aromatic hydroxyl groups is 1. The Morgan fingerprint density at radius 3 is 2.78 bits per heavy atom. The molecule has 0 radical (unpaired) electrons. The summed E-state index contributed by atoms with van der Waals surface area (Å²) in [6.07, 6.45) is 8.73. The summed E-state index contributed by atoms with van der Waals surface area (Å²) in [5.74, 6) is 0.510. The molecule has 0 amide bonds. The molecule has 0 spiro atoms. The number of phenolic OH excluding ortho intramolecular Hbond substituents is 1. The predicted octanol–water partition coefficient (Wildman–Crippen LogP) is 3.43. The van der Waals surface area contributed by atoms with Gasteiger partial charge in [0.15, 0.2) is 0 Å². The second kappa shape index (κ2) is 7.96. The van der Waals surface area contributed by atoms with Crippen LogP contribution in [-0.2, 0) is 16.0 Å². The number of nitrogens with zero attached hydrogens (tertiary/aromatic N) is 2. The van der Waals surface area contributed by atoms with Crippen molar-refractivity contribution in [3.05, 3.63) is 47.6 Å². The van der Waals surface area contributed by atoms with Crippen LogP contribution in [0.3, 0.4) is 0 Å². The minimum atomic E-state index is -0.246. The van der Waals surface area contributed by atoms with Crippen LogP contribution in [0.5, 0.6) is 5.75 Å². The lowest BCUT2D eigenvalue weighted by atomic mass is 9.87. The maximum Gasteiger partial charge on any atom is 0.305 e. The van der Waals surface area contributed by atoms with Crippen molar-refractivity contribution in [2.75, 3.05) is 12.2 Å². The lowest BCUT2D eigenvalue weighted by Gasteiger charge is -2.24. The van der Waals surface area contributed by atoms with Crippen LogP contribution in [0.2, 0.25) is 0 Å². The molecule has 0 saturated heterocycles. The molecule has 0 aromatic heterocycles. The minimum Gasteiger partial charge on any atom is -0.505 e. The Morgan fingerprint density at radius 2 is 2.11 bits per heavy atom. The van der Waals surface area contributed by atoms with E-state index in [0.29, 0.717) is 24.4 Å². The van der Waals surface area contributed by atoms with Crippen molar-refractivity contribution in [3.8, 4) is 5.75 Å². The molecule has 1 aliphatic heterocycles. The van der Waals surface area contributed by atoms with Gasteiger partial charge in [-0.05, 0) is 41.5 Å². The fourth-order valence-corrected chi connectivity index (χ4v) is 3.20. The van der Waals surface area contributed by atoms with E-state index in [1.165, 1.54) is 7.11 Å². The quantitative estimate of drug-likeness (QED) is 0.752. The molecule has 1 heterocycles. The van der Waals surface area contributed by atoms with Crippen LogP contribution in [0.25, 0.3) is 0 Å². The van der Waals surface area contributed by atoms with Gasteiger partial charge in [0.05, 0.1) is 18.9 Å². The third-order valence-corrected chi connectivity index (χ3v) is 5.22. The molecule has 0 saturated carbocycles. The first kappa shape index (κ1) is 19.2. The van der Waals surface area contributed by atoms with Gasteiger partial charge in [-0.15, -0.1) is 0 Å². The van der Waals surface area contributed by atoms with E-state index < -0.39 is 0 Å². The molecule has 6 nitrogen and oxygen atoms in total. The number of methoxy groups -OCH3 is 1. The lowest BCUT2D eigenvalue weighted by molar-refractivity contribution is -0.140. The summed E-state index contributed by atoms with van der Waals surface area (Å²) >= 11 is 0. The van der Waals surface area contributed by atoms with Crippen molar-refractivity contribution in [3.63, 3.8) is 0 Å². The van der Waals surface area contributed by atoms with Gasteiger partial charge in [-0.2, -0.15) is 15.6 Å². The van der Waals surface area contributed by atoms with Crippen molar-refractivity contribution >= 4 is 17.4 Å². The summed E-state index contributed by atoms with van der Waals surface area (Å²) < 4.78 is 4.76. The van der Waals surface area contributed by atoms with Crippen LogP contribution in [0.4, 0.5) is 5.69 Å². The predicted molar refractivity (Wildman–Crippen MR) is 107 cm³/mol. The molecule has 144 valence electrons. The summed E-state index contributed by atoms with van der Waals surface area (Å²) in [6.45, 7) is 6.36. The molecular weight excluding hydrogens is 342 g/mol. The van der Waals surface area contributed by atoms with Crippen molar-refractivity contribution in [1.29, 1.82) is 0 Å². The first-order chi connectivity index (χ1) is 12.9. The summed E-state index contributed by atoms with van der Waals surface area (Å²) in [5.41, 5.74) is 6.62. The second-order valence-corrected chi connectivity index (χ2v) is 7.35. The van der Waals surface area contributed by atoms with Crippen LogP contribution in [-0.4, -0.2) is 29.9 Å². The molecule has 27 heavy (non-hydrogen) atoms. The SMILES string of the molecule is COC(=O)CCc1cc(C(C)C(C)C)c(O)c(N2N=C3C=CC=CC3N2)c1. The first-order valence-corrected chi connectivity index (χ1v) is 9.33. The lowest BCUT2D eigenvalue weighted by Crippen LogP contribution is -2.37. The van der Waals surface area contributed by atoms with Crippen molar-refractivity contribution in [1.82, 2.24) is 5.43 Å². The number of rotatable bonds is 6. The fraction of sp³-hybridized carbons (Fsp3) is 0.429. The maximum absolute atomic E-state index is 11.6. The number of nitrogens with one attached hydrogen (secondary N) is 1. The highest BCUT2D eigenvalue weighted by Gasteiger charge is 2.28. The average Bonchev–Trinajstić information content (AvgIpc) is 3.10. The van der Waals surface area contributed by atoms with E-state index in [2.05, 4.69) is 31.3 Å². The number of allylic oxidation sites excluding steroid dienone is 2. The topological polar surface area (TPSA) is 74.2 Å². The number of ether oxygens (including phenoxy) is 1. The first-order valence-electron chi connectivity index (χ1n) is 9.33. The zero-order valence-electron chi connectivity index (χ0n) is 16.3. The average molecular weight is 369 g/mol. The fourth-order valence-electron chi connectivity index (χ4n) is 3.20. The monoisotopic (exact) mass is 369 g/mol. The van der Waals surface area contributed by atoms with Gasteiger partial charge < -0.3 is 9.84 Å². The largest absolute Gasteiger partial charge is 0.505 e. The highest BCUT2D eigenvalue weighted by Crippen LogP contribution is 2.40. The third-order valence-electron chi connectivity index (χ3n) is 5.22. The molecule has 0 fully saturated rings. The van der Waals surface area contributed by atoms with E-state index in [-0.39, 0.29) is 23.7 Å². The zero-order chi connectivity index (χ0) is 19.6. The van der Waals surface area contributed by atoms with Gasteiger partial charge >= 0.3 is 5.97 Å². The molecule has 1 aliphatic carbocycles. The smallest absolute Gasteiger partial charge is 0.305 e. The standard InChI is InChI=1S/C21H27N3O3/c1-13(2)14(3)16-11-15(9-10-20(25)27-4)12-19(21(16)26)24-22-17-7-5-6-8-18(17)23-24/h5-8,11-14,17,22,26H,9-10H2,1-4H3. The number of fused-ring (bicyclic) bond motifs is 1. The number of hydrazone groups is 1. The summed E-state index contributed by atoms with van der Waals surface area (Å²) in [4.78, 5) is 11.6. The number of anilines is 1. The number of hydrogen-bond acceptors (Lipinski definition) is 6. The van der Waals surface area contributed by atoms with Crippen molar-refractivity contribution < 1.29 is 14.6 Å². The van der Waals surface area contributed by atoms with Gasteiger partial charge in [0.2, 0.25) is 0 Å². The number of carbonyl (C=O) groups is 1. The van der Waals surface area contributed by atoms with Gasteiger partial charge in [-0.3, -0.25) is 4.79 Å². The van der Waals surface area contributed by atoms with Gasteiger partial charge in [0.25, 0.3) is 0 Å². The van der Waals surface area contributed by atoms with Crippen LogP contribution in [0, 0.1) is 5.92 Å². The van der Waals surface area contributed by atoms with Crippen LogP contribution < -0.4 is 10.5 Å². The molecule has 0 bridgehead atoms. The summed E-state index contributed by atoms with van der Waals surface area (Å²) in [5, 5.41) is 17.2. The summed E-state index contributed by atoms with van der Waals surface area (Å²) in [6, 6.07) is 3.87. The van der Waals surface area contributed by atoms with Crippen molar-refractivity contribution in [2.45, 2.75) is 45.6 Å². The highest BCUT2D eigenvalue weighted by atomic mass is 16.5. The van der Waals surface area contributed by atoms with E-state index in [0.717, 1.165) is 16.8 Å². The summed E-state index contributed by atoms with van der Waals surface area (Å²) in [7, 11) is 1.39. The Balaban J connectivity index is 1.97. The van der Waals surface area contributed by atoms with Crippen LogP contribution in [0.15, 0.2) is 41.5 Å². The minimum absolute atomic E-state index is 0.000836. The molecule has 3 rings (SSSR count). The Morgan fingerprint density at radius 1 is 1.33 bits per heavy atom. The van der Waals surface area contributed by atoms with Gasteiger partial charge in [0.1, 0.15) is 11.4 Å². The number of phenols is 1. The molecule has 2 unspecified atom stereocenters. The van der Waals surface area contributed by atoms with Gasteiger partial charge in [-0.25, -0.2) is 0 Å². The number of hydrazine groups is 1. The van der Waals surface area contributed by atoms with E-state index in [1.807, 2.05) is 36.4 Å². The molecule has 2 aliphatic rings. The normalized spacial score (nSPS) is 19.2. The second-order valence-electron chi connectivity index (χ2n) is 7.35. The maximum atomic E-state index is 11.6. The number of aryl methyl sites for hydroxylation is 1. The Hall–Kier alpha value is -2.60. The Kier molecular flexibility index (Phi) is 5.65. The van der Waals surface area contributed by atoms with Gasteiger partial charge in [0, 0.05) is 6.42 Å². The number of benzene rings is 1. The third kappa shape index (κ3) is 4.06. The molecule has 1 aromatic rings. The van der Waals surface area contributed by atoms with E-state index in [4.69, 9.17) is 4.74 Å². The molecule has 2 atom stereocenters. The molecule has 1 aromatic carbocycles. The molecule has 2 N–H and O–H groups in total. The van der Waals surface area contributed by atoms with Gasteiger partial charge in [-0.1, -0.05) is 45.1 Å². The number of hydrogen-bond donors (Lipinski definition) is 2. The Bertz CT molecular complexity index is 811. The van der Waals surface area contributed by atoms with Crippen LogP contribution >= 0.6 is 0 Å². The number of carbonyl (C=O) groups excluding carboxylic acids is 1. The van der Waals surface area contributed by atoms with E-state index in [9.17, 15) is 9.90 Å². The zero-order valence-corrected chi connectivity index (χ0v) is 16.3. The van der Waals surface area contributed by atoms with E-state index in [1.54, 1.807) is 5.12 Å². The van der Waals surface area contributed by atoms with E-state index >= 15 is 0 Å². The Labute approximate surface area is 160 Å². The van der Waals surface area contributed by atoms with Crippen molar-refractivity contribution in [2.24, 2.45) is 11.0 Å².